The Kier molecular flexibility index (Phi) is 5.14. The first-order valence-corrected chi connectivity index (χ1v) is 12.0. The number of aromatic nitrogens is 2. The van der Waals surface area contributed by atoms with E-state index in [1.54, 1.807) is 37.5 Å². The molecule has 2 aromatic rings. The van der Waals surface area contributed by atoms with E-state index in [1.165, 1.54) is 0 Å². The normalized spacial score (nSPS) is 28.9. The molecule has 2 fully saturated rings. The lowest BCUT2D eigenvalue weighted by atomic mass is 9.61. The second kappa shape index (κ2) is 7.57. The standard InChI is InChI=1S/C26H32N2O4S/c1-16(2)18-13-17-7-10-26-24(3,4)9-8-20(31-23(33)28-12-11-27-15-28)25(26,32-26)14-19(17)22(30-6)21(18)29-5/h7,10-13,15-16,20H,8-9,14H2,1-6H3/t20-,25-,26+/m1/s1. The molecule has 5 rings (SSSR count). The molecule has 2 aliphatic carbocycles. The average molecular weight is 469 g/mol. The molecule has 1 aromatic carbocycles. The Balaban J connectivity index is 1.62. The minimum Gasteiger partial charge on any atom is -0.493 e. The van der Waals surface area contributed by atoms with Crippen LogP contribution in [0.5, 0.6) is 11.5 Å². The molecule has 0 unspecified atom stereocenters. The van der Waals surface area contributed by atoms with Gasteiger partial charge in [0.05, 0.1) is 14.2 Å². The van der Waals surface area contributed by atoms with E-state index in [0.29, 0.717) is 17.5 Å². The second-order valence-electron chi connectivity index (χ2n) is 10.3. The summed E-state index contributed by atoms with van der Waals surface area (Å²) >= 11 is 5.60. The number of fused-ring (bicyclic) bond motifs is 1. The van der Waals surface area contributed by atoms with Crippen molar-refractivity contribution < 1.29 is 18.9 Å². The van der Waals surface area contributed by atoms with Gasteiger partial charge in [-0.25, -0.2) is 4.98 Å². The highest BCUT2D eigenvalue weighted by atomic mass is 32.1. The predicted octanol–water partition coefficient (Wildman–Crippen LogP) is 5.14. The van der Waals surface area contributed by atoms with Crippen LogP contribution in [0.1, 0.15) is 63.1 Å². The first-order chi connectivity index (χ1) is 15.7. The van der Waals surface area contributed by atoms with E-state index in [1.807, 2.05) is 0 Å². The molecule has 1 saturated heterocycles. The van der Waals surface area contributed by atoms with Crippen LogP contribution in [0.4, 0.5) is 0 Å². The van der Waals surface area contributed by atoms with E-state index < -0.39 is 11.2 Å². The number of thiocarbonyl (C=S) groups is 1. The van der Waals surface area contributed by atoms with Gasteiger partial charge >= 0.3 is 0 Å². The summed E-state index contributed by atoms with van der Waals surface area (Å²) in [6, 6.07) is 2.24. The van der Waals surface area contributed by atoms with Crippen molar-refractivity contribution in [1.82, 2.24) is 9.55 Å². The van der Waals surface area contributed by atoms with Crippen molar-refractivity contribution >= 4 is 23.5 Å². The molecular formula is C26H32N2O4S. The molecule has 176 valence electrons. The lowest BCUT2D eigenvalue weighted by molar-refractivity contribution is 0.0534. The van der Waals surface area contributed by atoms with E-state index >= 15 is 0 Å². The van der Waals surface area contributed by atoms with Crippen molar-refractivity contribution in [1.29, 1.82) is 0 Å². The van der Waals surface area contributed by atoms with E-state index in [-0.39, 0.29) is 11.5 Å². The van der Waals surface area contributed by atoms with Crippen molar-refractivity contribution in [3.63, 3.8) is 0 Å². The van der Waals surface area contributed by atoms with Gasteiger partial charge in [-0.1, -0.05) is 33.8 Å². The number of hydrogen-bond acceptors (Lipinski definition) is 6. The molecule has 2 heterocycles. The third kappa shape index (κ3) is 3.08. The van der Waals surface area contributed by atoms with Gasteiger partial charge in [-0.05, 0) is 48.7 Å². The van der Waals surface area contributed by atoms with Crippen LogP contribution in [0.2, 0.25) is 0 Å². The molecule has 0 amide bonds. The van der Waals surface area contributed by atoms with Crippen molar-refractivity contribution in [3.05, 3.63) is 47.6 Å². The Morgan fingerprint density at radius 1 is 1.24 bits per heavy atom. The highest BCUT2D eigenvalue weighted by molar-refractivity contribution is 7.80. The fraction of sp³-hybridized carbons (Fsp3) is 0.538. The number of rotatable bonds is 4. The van der Waals surface area contributed by atoms with Crippen LogP contribution in [0, 0.1) is 5.41 Å². The predicted molar refractivity (Wildman–Crippen MR) is 131 cm³/mol. The Bertz CT molecular complexity index is 1120. The van der Waals surface area contributed by atoms with Gasteiger partial charge in [0.1, 0.15) is 23.6 Å². The number of epoxide rings is 1. The monoisotopic (exact) mass is 468 g/mol. The molecule has 7 heteroatoms. The number of imidazole rings is 1. The maximum absolute atomic E-state index is 6.75. The van der Waals surface area contributed by atoms with Crippen molar-refractivity contribution in [2.75, 3.05) is 14.2 Å². The third-order valence-electron chi connectivity index (χ3n) is 7.81. The van der Waals surface area contributed by atoms with Crippen LogP contribution < -0.4 is 9.47 Å². The van der Waals surface area contributed by atoms with Crippen molar-refractivity contribution in [2.45, 2.75) is 70.2 Å². The topological polar surface area (TPSA) is 58.0 Å². The van der Waals surface area contributed by atoms with Crippen LogP contribution in [0.3, 0.4) is 0 Å². The van der Waals surface area contributed by atoms with Gasteiger partial charge in [0.15, 0.2) is 11.5 Å². The Morgan fingerprint density at radius 3 is 2.64 bits per heavy atom. The van der Waals surface area contributed by atoms with E-state index in [9.17, 15) is 0 Å². The van der Waals surface area contributed by atoms with Crippen molar-refractivity contribution in [3.8, 4) is 11.5 Å². The molecule has 0 N–H and O–H groups in total. The summed E-state index contributed by atoms with van der Waals surface area (Å²) in [5, 5.41) is 0.393. The van der Waals surface area contributed by atoms with Gasteiger partial charge in [-0.3, -0.25) is 4.57 Å². The zero-order valence-corrected chi connectivity index (χ0v) is 21.0. The van der Waals surface area contributed by atoms with Crippen LogP contribution in [0.25, 0.3) is 6.08 Å². The number of methoxy groups -OCH3 is 2. The quantitative estimate of drug-likeness (QED) is 0.458. The average Bonchev–Trinajstić information content (AvgIpc) is 3.19. The summed E-state index contributed by atoms with van der Waals surface area (Å²) in [6.07, 6.45) is 11.9. The van der Waals surface area contributed by atoms with Gasteiger partial charge in [-0.15, -0.1) is 0 Å². The summed E-state index contributed by atoms with van der Waals surface area (Å²) in [6.45, 7) is 8.92. The van der Waals surface area contributed by atoms with Crippen LogP contribution >= 0.6 is 12.2 Å². The summed E-state index contributed by atoms with van der Waals surface area (Å²) in [5.41, 5.74) is 2.39. The zero-order valence-electron chi connectivity index (χ0n) is 20.2. The zero-order chi connectivity index (χ0) is 23.6. The summed E-state index contributed by atoms with van der Waals surface area (Å²) in [7, 11) is 3.42. The highest BCUT2D eigenvalue weighted by Gasteiger charge is 2.80. The molecule has 6 nitrogen and oxygen atoms in total. The lowest BCUT2D eigenvalue weighted by Crippen LogP contribution is -2.52. The fourth-order valence-corrected chi connectivity index (χ4v) is 6.17. The van der Waals surface area contributed by atoms with Crippen molar-refractivity contribution in [2.24, 2.45) is 5.41 Å². The van der Waals surface area contributed by atoms with Gasteiger partial charge in [0, 0.05) is 35.4 Å². The highest BCUT2D eigenvalue weighted by Crippen LogP contribution is 2.69. The molecule has 0 spiro atoms. The SMILES string of the molecule is COc1c(C(C)C)cc2c(c1OC)C[C@]13O[C@@]1(C=C2)C(C)(C)CC[C@H]3OC(=S)n1ccnc1. The van der Waals surface area contributed by atoms with E-state index in [2.05, 4.69) is 50.9 Å². The summed E-state index contributed by atoms with van der Waals surface area (Å²) in [5.74, 6) is 1.88. The molecule has 3 atom stereocenters. The van der Waals surface area contributed by atoms with E-state index in [0.717, 1.165) is 41.0 Å². The summed E-state index contributed by atoms with van der Waals surface area (Å²) in [4.78, 5) is 4.10. The van der Waals surface area contributed by atoms with Gasteiger partial charge in [-0.2, -0.15) is 0 Å². The smallest absolute Gasteiger partial charge is 0.269 e. The largest absolute Gasteiger partial charge is 0.493 e. The fourth-order valence-electron chi connectivity index (χ4n) is 5.95. The molecule has 3 aliphatic rings. The molecular weight excluding hydrogens is 436 g/mol. The van der Waals surface area contributed by atoms with Crippen LogP contribution in [0.15, 0.2) is 30.9 Å². The molecule has 33 heavy (non-hydrogen) atoms. The number of nitrogens with zero attached hydrogens (tertiary/aromatic N) is 2. The number of hydrogen-bond donors (Lipinski definition) is 0. The molecule has 1 aliphatic heterocycles. The maximum Gasteiger partial charge on any atom is 0.269 e. The van der Waals surface area contributed by atoms with Gasteiger partial charge in [0.2, 0.25) is 0 Å². The van der Waals surface area contributed by atoms with Gasteiger partial charge in [0.25, 0.3) is 5.17 Å². The first-order valence-electron chi connectivity index (χ1n) is 11.6. The van der Waals surface area contributed by atoms with Gasteiger partial charge < -0.3 is 18.9 Å². The third-order valence-corrected chi connectivity index (χ3v) is 8.12. The Hall–Kier alpha value is -2.38. The molecule has 1 saturated carbocycles. The van der Waals surface area contributed by atoms with Crippen LogP contribution in [-0.4, -0.2) is 46.3 Å². The minimum atomic E-state index is -0.529. The Labute approximate surface area is 200 Å². The minimum absolute atomic E-state index is 0.0414. The van der Waals surface area contributed by atoms with Crippen LogP contribution in [-0.2, 0) is 15.9 Å². The molecule has 0 radical (unpaired) electrons. The second-order valence-corrected chi connectivity index (χ2v) is 10.6. The summed E-state index contributed by atoms with van der Waals surface area (Å²) < 4.78 is 26.7. The number of benzene rings is 1. The molecule has 0 bridgehead atoms. The Morgan fingerprint density at radius 2 is 2.00 bits per heavy atom. The molecule has 1 aromatic heterocycles. The number of ether oxygens (including phenoxy) is 4. The lowest BCUT2D eigenvalue weighted by Gasteiger charge is -2.41. The maximum atomic E-state index is 6.75. The first kappa shape index (κ1) is 22.4. The van der Waals surface area contributed by atoms with E-state index in [4.69, 9.17) is 31.2 Å².